The number of unbranched alkanes of at least 4 members (excludes halogenated alkanes) is 15. The molecule has 0 bridgehead atoms. The van der Waals surface area contributed by atoms with Gasteiger partial charge < -0.3 is 28.8 Å². The number of phosphoric ester groups is 1. The molecule has 0 heterocycles. The lowest BCUT2D eigenvalue weighted by Gasteiger charge is -2.29. The summed E-state index contributed by atoms with van der Waals surface area (Å²) in [7, 11) is 1.23. The standard InChI is InChI=1S/C37H71N2O6P/c1-6-8-10-12-14-16-17-18-19-20-21-23-24-26-28-30-36(40)35(34-45-46(42,43)44-33-32-39(3,4)5)38-37(41)31-29-27-25-22-15-13-11-9-7-2/h17-18,21,23,28,30,35-36,40H,6-16,19-20,22,24-27,29,31-34H2,1-5H3,(H-,38,41,42,43)/b18-17+,23-21+,30-28+. The molecule has 0 aliphatic heterocycles. The van der Waals surface area contributed by atoms with Gasteiger partial charge in [0, 0.05) is 6.42 Å². The summed E-state index contributed by atoms with van der Waals surface area (Å²) in [5.74, 6) is -0.218. The Balaban J connectivity index is 4.65. The lowest BCUT2D eigenvalue weighted by Crippen LogP contribution is -2.45. The summed E-state index contributed by atoms with van der Waals surface area (Å²) < 4.78 is 23.0. The fourth-order valence-corrected chi connectivity index (χ4v) is 5.55. The van der Waals surface area contributed by atoms with Gasteiger partial charge in [0.15, 0.2) is 0 Å². The molecule has 0 aliphatic carbocycles. The molecule has 1 amide bonds. The van der Waals surface area contributed by atoms with Gasteiger partial charge in [0.05, 0.1) is 39.9 Å². The number of aliphatic hydroxyl groups is 1. The number of phosphoric acid groups is 1. The molecular formula is C37H71N2O6P. The molecule has 9 heteroatoms. The fourth-order valence-electron chi connectivity index (χ4n) is 4.83. The molecule has 0 radical (unpaired) electrons. The highest BCUT2D eigenvalue weighted by molar-refractivity contribution is 7.45. The van der Waals surface area contributed by atoms with Crippen LogP contribution in [0.1, 0.15) is 142 Å². The van der Waals surface area contributed by atoms with Crippen LogP contribution in [0.3, 0.4) is 0 Å². The number of nitrogens with one attached hydrogen (secondary N) is 1. The van der Waals surface area contributed by atoms with E-state index in [2.05, 4.69) is 43.5 Å². The highest BCUT2D eigenvalue weighted by Crippen LogP contribution is 2.38. The number of carbonyl (C=O) groups excluding carboxylic acids is 1. The number of hydrogen-bond acceptors (Lipinski definition) is 6. The molecule has 0 saturated carbocycles. The maximum absolute atomic E-state index is 12.7. The van der Waals surface area contributed by atoms with E-state index in [1.807, 2.05) is 27.2 Å². The number of nitrogens with zero attached hydrogens (tertiary/aromatic N) is 1. The van der Waals surface area contributed by atoms with Crippen molar-refractivity contribution in [3.8, 4) is 0 Å². The maximum Gasteiger partial charge on any atom is 0.268 e. The predicted octanol–water partition coefficient (Wildman–Crippen LogP) is 8.55. The molecular weight excluding hydrogens is 599 g/mol. The van der Waals surface area contributed by atoms with Gasteiger partial charge in [-0.25, -0.2) is 0 Å². The zero-order chi connectivity index (χ0) is 34.4. The van der Waals surface area contributed by atoms with Crippen LogP contribution in [0.2, 0.25) is 0 Å². The van der Waals surface area contributed by atoms with Crippen molar-refractivity contribution in [3.05, 3.63) is 36.5 Å². The van der Waals surface area contributed by atoms with Gasteiger partial charge in [0.1, 0.15) is 13.2 Å². The third-order valence-electron chi connectivity index (χ3n) is 7.83. The van der Waals surface area contributed by atoms with Gasteiger partial charge in [-0.3, -0.25) is 9.36 Å². The molecule has 0 fully saturated rings. The summed E-state index contributed by atoms with van der Waals surface area (Å²) >= 11 is 0. The van der Waals surface area contributed by atoms with Gasteiger partial charge in [0.25, 0.3) is 7.82 Å². The van der Waals surface area contributed by atoms with Crippen LogP contribution < -0.4 is 10.2 Å². The number of aliphatic hydroxyl groups excluding tert-OH is 1. The number of carbonyl (C=O) groups is 1. The van der Waals surface area contributed by atoms with E-state index in [0.29, 0.717) is 17.4 Å². The highest BCUT2D eigenvalue weighted by atomic mass is 31.2. The molecule has 3 atom stereocenters. The number of amides is 1. The summed E-state index contributed by atoms with van der Waals surface area (Å²) in [6, 6.07) is -0.902. The molecule has 270 valence electrons. The van der Waals surface area contributed by atoms with Crippen molar-refractivity contribution in [2.24, 2.45) is 0 Å². The van der Waals surface area contributed by atoms with Gasteiger partial charge in [-0.1, -0.05) is 127 Å². The topological polar surface area (TPSA) is 108 Å². The minimum atomic E-state index is -4.58. The zero-order valence-corrected chi connectivity index (χ0v) is 31.2. The largest absolute Gasteiger partial charge is 0.756 e. The van der Waals surface area contributed by atoms with E-state index in [-0.39, 0.29) is 12.5 Å². The quantitative estimate of drug-likeness (QED) is 0.0321. The van der Waals surface area contributed by atoms with E-state index in [1.54, 1.807) is 6.08 Å². The van der Waals surface area contributed by atoms with E-state index in [1.165, 1.54) is 77.0 Å². The normalized spacial score (nSPS) is 15.2. The second-order valence-electron chi connectivity index (χ2n) is 13.6. The average molecular weight is 671 g/mol. The average Bonchev–Trinajstić information content (AvgIpc) is 2.99. The van der Waals surface area contributed by atoms with E-state index in [9.17, 15) is 19.4 Å². The molecule has 8 nitrogen and oxygen atoms in total. The molecule has 0 aliphatic rings. The van der Waals surface area contributed by atoms with Crippen LogP contribution in [0.15, 0.2) is 36.5 Å². The minimum absolute atomic E-state index is 0.00864. The minimum Gasteiger partial charge on any atom is -0.756 e. The Morgan fingerprint density at radius 1 is 0.739 bits per heavy atom. The monoisotopic (exact) mass is 671 g/mol. The number of rotatable bonds is 32. The van der Waals surface area contributed by atoms with Crippen LogP contribution in [-0.4, -0.2) is 68.5 Å². The van der Waals surface area contributed by atoms with Crippen molar-refractivity contribution in [1.82, 2.24) is 5.32 Å². The molecule has 0 aromatic heterocycles. The Hall–Kier alpha value is -1.28. The van der Waals surface area contributed by atoms with Gasteiger partial charge in [-0.15, -0.1) is 0 Å². The maximum atomic E-state index is 12.7. The van der Waals surface area contributed by atoms with E-state index in [0.717, 1.165) is 44.9 Å². The smallest absolute Gasteiger partial charge is 0.268 e. The van der Waals surface area contributed by atoms with Crippen molar-refractivity contribution >= 4 is 13.7 Å². The Labute approximate surface area is 283 Å². The van der Waals surface area contributed by atoms with Crippen molar-refractivity contribution in [3.63, 3.8) is 0 Å². The van der Waals surface area contributed by atoms with E-state index >= 15 is 0 Å². The van der Waals surface area contributed by atoms with E-state index in [4.69, 9.17) is 9.05 Å². The Morgan fingerprint density at radius 3 is 1.76 bits per heavy atom. The van der Waals surface area contributed by atoms with Crippen molar-refractivity contribution in [2.75, 3.05) is 40.9 Å². The molecule has 0 rings (SSSR count). The first-order valence-corrected chi connectivity index (χ1v) is 19.8. The first-order valence-electron chi connectivity index (χ1n) is 18.4. The summed E-state index contributed by atoms with van der Waals surface area (Å²) in [6.45, 7) is 4.54. The van der Waals surface area contributed by atoms with E-state index < -0.39 is 26.6 Å². The Kier molecular flexibility index (Phi) is 29.0. The van der Waals surface area contributed by atoms with Gasteiger partial charge in [0.2, 0.25) is 5.91 Å². The third-order valence-corrected chi connectivity index (χ3v) is 8.79. The van der Waals surface area contributed by atoms with Crippen molar-refractivity contribution in [2.45, 2.75) is 154 Å². The lowest BCUT2D eigenvalue weighted by atomic mass is 10.1. The molecule has 0 saturated heterocycles. The second-order valence-corrected chi connectivity index (χ2v) is 15.0. The van der Waals surface area contributed by atoms with Gasteiger partial charge in [-0.2, -0.15) is 0 Å². The molecule has 46 heavy (non-hydrogen) atoms. The SMILES string of the molecule is CCCCCCC/C=C/CC/C=C/CC/C=C/C(O)C(COP(=O)([O-])OCC[N+](C)(C)C)NC(=O)CCCCCCCCCCC. The van der Waals surface area contributed by atoms with Crippen molar-refractivity contribution < 1.29 is 32.9 Å². The summed E-state index contributed by atoms with van der Waals surface area (Å²) in [5, 5.41) is 13.6. The van der Waals surface area contributed by atoms with Gasteiger partial charge >= 0.3 is 0 Å². The zero-order valence-electron chi connectivity index (χ0n) is 30.3. The first kappa shape index (κ1) is 44.7. The third kappa shape index (κ3) is 31.3. The molecule has 0 aromatic rings. The Morgan fingerprint density at radius 2 is 1.22 bits per heavy atom. The van der Waals surface area contributed by atoms with Crippen LogP contribution >= 0.6 is 7.82 Å². The first-order chi connectivity index (χ1) is 22.0. The number of quaternary nitrogens is 1. The van der Waals surface area contributed by atoms with Crippen LogP contribution in [0.4, 0.5) is 0 Å². The molecule has 0 spiro atoms. The Bertz CT molecular complexity index is 855. The van der Waals surface area contributed by atoms with Crippen molar-refractivity contribution in [1.29, 1.82) is 0 Å². The second kappa shape index (κ2) is 29.8. The summed E-state index contributed by atoms with van der Waals surface area (Å²) in [6.07, 6.45) is 33.3. The lowest BCUT2D eigenvalue weighted by molar-refractivity contribution is -0.870. The summed E-state index contributed by atoms with van der Waals surface area (Å²) in [4.78, 5) is 25.0. The van der Waals surface area contributed by atoms with Crippen LogP contribution in [0, 0.1) is 0 Å². The summed E-state index contributed by atoms with van der Waals surface area (Å²) in [5.41, 5.74) is 0. The predicted molar refractivity (Wildman–Crippen MR) is 191 cm³/mol. The fraction of sp³-hybridized carbons (Fsp3) is 0.811. The molecule has 3 unspecified atom stereocenters. The highest BCUT2D eigenvalue weighted by Gasteiger charge is 2.23. The number of hydrogen-bond donors (Lipinski definition) is 2. The van der Waals surface area contributed by atoms with Gasteiger partial charge in [-0.05, 0) is 44.9 Å². The van der Waals surface area contributed by atoms with Crippen LogP contribution in [0.5, 0.6) is 0 Å². The van der Waals surface area contributed by atoms with Crippen LogP contribution in [-0.2, 0) is 18.4 Å². The number of allylic oxidation sites excluding steroid dienone is 5. The number of likely N-dealkylation sites (N-methyl/N-ethyl adjacent to an activating group) is 1. The molecule has 0 aromatic carbocycles. The molecule has 2 N–H and O–H groups in total. The van der Waals surface area contributed by atoms with Crippen LogP contribution in [0.25, 0.3) is 0 Å².